The van der Waals surface area contributed by atoms with Crippen molar-refractivity contribution in [3.8, 4) is 0 Å². The molecule has 1 aromatic rings. The van der Waals surface area contributed by atoms with E-state index in [1.54, 1.807) is 6.07 Å². The van der Waals surface area contributed by atoms with Crippen LogP contribution in [0.15, 0.2) is 16.7 Å². The van der Waals surface area contributed by atoms with Gasteiger partial charge in [-0.05, 0) is 6.07 Å². The first-order chi connectivity index (χ1) is 7.69. The van der Waals surface area contributed by atoms with E-state index < -0.39 is 5.91 Å². The van der Waals surface area contributed by atoms with E-state index >= 15 is 0 Å². The number of furan rings is 1. The lowest BCUT2D eigenvalue weighted by Crippen LogP contribution is -2.30. The van der Waals surface area contributed by atoms with Crippen LogP contribution in [0.4, 0.5) is 0 Å². The molecular weight excluding hydrogens is 232 g/mol. The highest BCUT2D eigenvalue weighted by Gasteiger charge is 2.14. The minimum atomic E-state index is -0.487. The zero-order valence-electron chi connectivity index (χ0n) is 8.69. The van der Waals surface area contributed by atoms with Crippen LogP contribution in [0, 0.1) is 0 Å². The minimum Gasteiger partial charge on any atom is -0.468 e. The molecule has 1 rings (SSSR count). The molecule has 1 aromatic heterocycles. The zero-order valence-corrected chi connectivity index (χ0v) is 9.50. The van der Waals surface area contributed by atoms with E-state index in [2.05, 4.69) is 4.74 Å². The first-order valence-corrected chi connectivity index (χ1v) is 5.56. The molecule has 88 valence electrons. The second-order valence-corrected chi connectivity index (χ2v) is 3.80. The zero-order chi connectivity index (χ0) is 12.0. The standard InChI is InChI=1S/C9H12N2O4S/c1-14-7(12)5-16-4-6-2-3-15-8(6)9(13)11-10/h2-3H,4-5,10H2,1H3,(H,11,13). The van der Waals surface area contributed by atoms with Crippen molar-refractivity contribution < 1.29 is 18.7 Å². The summed E-state index contributed by atoms with van der Waals surface area (Å²) in [5, 5.41) is 0. The molecule has 0 saturated carbocycles. The molecule has 3 N–H and O–H groups in total. The lowest BCUT2D eigenvalue weighted by molar-refractivity contribution is -0.137. The van der Waals surface area contributed by atoms with Crippen LogP contribution in [0.1, 0.15) is 16.1 Å². The summed E-state index contributed by atoms with van der Waals surface area (Å²) >= 11 is 1.33. The van der Waals surface area contributed by atoms with Crippen molar-refractivity contribution in [2.45, 2.75) is 5.75 Å². The number of ether oxygens (including phenoxy) is 1. The smallest absolute Gasteiger partial charge is 0.315 e. The molecule has 0 aliphatic carbocycles. The van der Waals surface area contributed by atoms with Gasteiger partial charge in [-0.15, -0.1) is 11.8 Å². The molecule has 0 bridgehead atoms. The first-order valence-electron chi connectivity index (χ1n) is 4.41. The van der Waals surface area contributed by atoms with Crippen molar-refractivity contribution >= 4 is 23.6 Å². The Morgan fingerprint density at radius 1 is 1.62 bits per heavy atom. The van der Waals surface area contributed by atoms with E-state index in [-0.39, 0.29) is 17.5 Å². The third-order valence-corrected chi connectivity index (χ3v) is 2.74. The second-order valence-electron chi connectivity index (χ2n) is 2.82. The van der Waals surface area contributed by atoms with Crippen molar-refractivity contribution in [3.05, 3.63) is 23.7 Å². The molecule has 0 atom stereocenters. The Hall–Kier alpha value is -1.47. The fourth-order valence-corrected chi connectivity index (χ4v) is 1.85. The van der Waals surface area contributed by atoms with Crippen molar-refractivity contribution in [1.82, 2.24) is 5.43 Å². The number of carbonyl (C=O) groups is 2. The molecule has 1 heterocycles. The Morgan fingerprint density at radius 2 is 2.38 bits per heavy atom. The van der Waals surface area contributed by atoms with Gasteiger partial charge in [0.05, 0.1) is 19.1 Å². The molecule has 0 spiro atoms. The highest BCUT2D eigenvalue weighted by molar-refractivity contribution is 7.99. The number of nitrogen functional groups attached to an aromatic ring is 1. The van der Waals surface area contributed by atoms with Crippen LogP contribution in [-0.4, -0.2) is 24.7 Å². The van der Waals surface area contributed by atoms with Gasteiger partial charge in [0.1, 0.15) is 0 Å². The van der Waals surface area contributed by atoms with E-state index in [9.17, 15) is 9.59 Å². The van der Waals surface area contributed by atoms with Crippen LogP contribution in [0.5, 0.6) is 0 Å². The maximum absolute atomic E-state index is 11.2. The number of rotatable bonds is 5. The fourth-order valence-electron chi connectivity index (χ4n) is 1.02. The number of nitrogens with two attached hydrogens (primary N) is 1. The molecule has 16 heavy (non-hydrogen) atoms. The summed E-state index contributed by atoms with van der Waals surface area (Å²) in [5.74, 6) is 5.07. The Balaban J connectivity index is 2.51. The van der Waals surface area contributed by atoms with E-state index in [4.69, 9.17) is 10.3 Å². The number of nitrogens with one attached hydrogen (secondary N) is 1. The van der Waals surface area contributed by atoms with Gasteiger partial charge in [0, 0.05) is 11.3 Å². The summed E-state index contributed by atoms with van der Waals surface area (Å²) in [7, 11) is 1.33. The Bertz CT molecular complexity index is 377. The van der Waals surface area contributed by atoms with Crippen LogP contribution in [-0.2, 0) is 15.3 Å². The minimum absolute atomic E-state index is 0.167. The Kier molecular flexibility index (Phi) is 4.87. The predicted octanol–water partition coefficient (Wildman–Crippen LogP) is 0.289. The molecular formula is C9H12N2O4S. The quantitative estimate of drug-likeness (QED) is 0.334. The van der Waals surface area contributed by atoms with E-state index in [1.165, 1.54) is 25.1 Å². The maximum atomic E-state index is 11.2. The lowest BCUT2D eigenvalue weighted by atomic mass is 10.3. The van der Waals surface area contributed by atoms with Gasteiger partial charge in [-0.1, -0.05) is 0 Å². The molecule has 0 saturated heterocycles. The maximum Gasteiger partial charge on any atom is 0.315 e. The van der Waals surface area contributed by atoms with Crippen molar-refractivity contribution in [1.29, 1.82) is 0 Å². The SMILES string of the molecule is COC(=O)CSCc1ccoc1C(=O)NN. The van der Waals surface area contributed by atoms with Crippen LogP contribution in [0.2, 0.25) is 0 Å². The summed E-state index contributed by atoms with van der Waals surface area (Å²) in [6.45, 7) is 0. The fraction of sp³-hybridized carbons (Fsp3) is 0.333. The van der Waals surface area contributed by atoms with Gasteiger partial charge in [0.25, 0.3) is 0 Å². The number of esters is 1. The largest absolute Gasteiger partial charge is 0.468 e. The average molecular weight is 244 g/mol. The van der Waals surface area contributed by atoms with Gasteiger partial charge in [-0.3, -0.25) is 15.0 Å². The predicted molar refractivity (Wildman–Crippen MR) is 58.5 cm³/mol. The van der Waals surface area contributed by atoms with E-state index in [0.29, 0.717) is 11.3 Å². The normalized spacial score (nSPS) is 9.88. The highest BCUT2D eigenvalue weighted by Crippen LogP contribution is 2.17. The van der Waals surface area contributed by atoms with Crippen molar-refractivity contribution in [2.24, 2.45) is 5.84 Å². The molecule has 7 heteroatoms. The summed E-state index contributed by atoms with van der Waals surface area (Å²) < 4.78 is 9.47. The summed E-state index contributed by atoms with van der Waals surface area (Å²) in [6.07, 6.45) is 1.40. The van der Waals surface area contributed by atoms with Gasteiger partial charge in [-0.25, -0.2) is 5.84 Å². The van der Waals surface area contributed by atoms with Crippen molar-refractivity contribution in [2.75, 3.05) is 12.9 Å². The van der Waals surface area contributed by atoms with E-state index in [1.807, 2.05) is 5.43 Å². The molecule has 1 amide bonds. The number of thioether (sulfide) groups is 1. The number of hydrogen-bond acceptors (Lipinski definition) is 6. The molecule has 0 radical (unpaired) electrons. The van der Waals surface area contributed by atoms with Gasteiger partial charge in [-0.2, -0.15) is 0 Å². The van der Waals surface area contributed by atoms with Crippen molar-refractivity contribution in [3.63, 3.8) is 0 Å². The van der Waals surface area contributed by atoms with Gasteiger partial charge < -0.3 is 9.15 Å². The molecule has 0 aromatic carbocycles. The number of hydrogen-bond donors (Lipinski definition) is 2. The number of hydrazine groups is 1. The van der Waals surface area contributed by atoms with Crippen LogP contribution in [0.3, 0.4) is 0 Å². The summed E-state index contributed by atoms with van der Waals surface area (Å²) in [6, 6.07) is 1.66. The summed E-state index contributed by atoms with van der Waals surface area (Å²) in [4.78, 5) is 22.1. The number of carbonyl (C=O) groups excluding carboxylic acids is 2. The van der Waals surface area contributed by atoms with E-state index in [0.717, 1.165) is 0 Å². The van der Waals surface area contributed by atoms with Crippen LogP contribution in [0.25, 0.3) is 0 Å². The lowest BCUT2D eigenvalue weighted by Gasteiger charge is -2.01. The summed E-state index contributed by atoms with van der Waals surface area (Å²) in [5.41, 5.74) is 2.68. The van der Waals surface area contributed by atoms with Gasteiger partial charge in [0.15, 0.2) is 5.76 Å². The third-order valence-electron chi connectivity index (χ3n) is 1.79. The number of methoxy groups -OCH3 is 1. The first kappa shape index (κ1) is 12.6. The number of amides is 1. The topological polar surface area (TPSA) is 94.6 Å². The Morgan fingerprint density at radius 3 is 3.00 bits per heavy atom. The Labute approximate surface area is 96.5 Å². The van der Waals surface area contributed by atoms with Crippen LogP contribution >= 0.6 is 11.8 Å². The molecule has 0 fully saturated rings. The highest BCUT2D eigenvalue weighted by atomic mass is 32.2. The monoisotopic (exact) mass is 244 g/mol. The van der Waals surface area contributed by atoms with Gasteiger partial charge in [0.2, 0.25) is 0 Å². The average Bonchev–Trinajstić information content (AvgIpc) is 2.76. The third kappa shape index (κ3) is 3.28. The van der Waals surface area contributed by atoms with Crippen LogP contribution < -0.4 is 11.3 Å². The molecule has 6 nitrogen and oxygen atoms in total. The van der Waals surface area contributed by atoms with Gasteiger partial charge >= 0.3 is 11.9 Å². The molecule has 0 aliphatic rings. The molecule has 0 aliphatic heterocycles. The molecule has 0 unspecified atom stereocenters. The second kappa shape index (κ2) is 6.19.